The summed E-state index contributed by atoms with van der Waals surface area (Å²) in [6.45, 7) is 3.59. The highest BCUT2D eigenvalue weighted by Gasteiger charge is 2.24. The quantitative estimate of drug-likeness (QED) is 0.795. The number of hydrogen-bond donors (Lipinski definition) is 2. The second-order valence-electron chi connectivity index (χ2n) is 4.22. The van der Waals surface area contributed by atoms with Crippen molar-refractivity contribution in [2.24, 2.45) is 5.73 Å². The molecule has 3 rings (SSSR count). The maximum absolute atomic E-state index is 12.1. The molecule has 90 valence electrons. The number of carbonyl (C=O) groups excluding carboxylic acids is 1. The number of rotatable bonds is 3. The minimum absolute atomic E-state index is 0.0208. The van der Waals surface area contributed by atoms with Crippen LogP contribution in [-0.4, -0.2) is 21.2 Å². The van der Waals surface area contributed by atoms with Gasteiger partial charge in [-0.2, -0.15) is 0 Å². The van der Waals surface area contributed by atoms with Crippen molar-refractivity contribution in [2.75, 3.05) is 0 Å². The molecular weight excluding hydrogens is 236 g/mol. The lowest BCUT2D eigenvalue weighted by molar-refractivity contribution is 0.0953. The van der Waals surface area contributed by atoms with E-state index in [9.17, 15) is 4.79 Å². The van der Waals surface area contributed by atoms with Crippen molar-refractivity contribution in [3.63, 3.8) is 0 Å². The van der Waals surface area contributed by atoms with Crippen LogP contribution in [0.2, 0.25) is 0 Å². The number of imidazole rings is 1. The standard InChI is InChI=1S/C11H14N4OS/c1-2-6(12)10(16)8-4-14-11-15(8)7-3-13-5-9(7)17-11/h4,6,13H,2-3,5,12H2,1H3. The molecule has 6 heteroatoms. The summed E-state index contributed by atoms with van der Waals surface area (Å²) in [5.41, 5.74) is 7.59. The molecule has 0 aromatic carbocycles. The second kappa shape index (κ2) is 3.90. The molecule has 1 aliphatic heterocycles. The first-order chi connectivity index (χ1) is 8.22. The number of carbonyl (C=O) groups is 1. The van der Waals surface area contributed by atoms with E-state index in [4.69, 9.17) is 5.73 Å². The van der Waals surface area contributed by atoms with E-state index in [1.807, 2.05) is 11.3 Å². The van der Waals surface area contributed by atoms with Crippen molar-refractivity contribution in [3.05, 3.63) is 22.5 Å². The van der Waals surface area contributed by atoms with E-state index in [0.29, 0.717) is 12.1 Å². The van der Waals surface area contributed by atoms with Gasteiger partial charge in [-0.15, -0.1) is 0 Å². The topological polar surface area (TPSA) is 72.4 Å². The monoisotopic (exact) mass is 250 g/mol. The van der Waals surface area contributed by atoms with Crippen molar-refractivity contribution in [3.8, 4) is 0 Å². The summed E-state index contributed by atoms with van der Waals surface area (Å²) in [6.07, 6.45) is 2.29. The Morgan fingerprint density at radius 2 is 2.53 bits per heavy atom. The Morgan fingerprint density at radius 3 is 3.29 bits per heavy atom. The number of nitrogens with two attached hydrogens (primary N) is 1. The van der Waals surface area contributed by atoms with Crippen LogP contribution in [0.1, 0.15) is 34.4 Å². The molecule has 0 radical (unpaired) electrons. The largest absolute Gasteiger partial charge is 0.321 e. The molecule has 17 heavy (non-hydrogen) atoms. The van der Waals surface area contributed by atoms with Crippen LogP contribution in [0.15, 0.2) is 6.20 Å². The van der Waals surface area contributed by atoms with Gasteiger partial charge in [-0.05, 0) is 6.42 Å². The number of nitrogens with zero attached hydrogens (tertiary/aromatic N) is 2. The zero-order valence-electron chi connectivity index (χ0n) is 9.56. The lowest BCUT2D eigenvalue weighted by atomic mass is 10.1. The number of hydrogen-bond acceptors (Lipinski definition) is 5. The third kappa shape index (κ3) is 1.52. The number of aromatic nitrogens is 2. The molecule has 1 unspecified atom stereocenters. The predicted octanol–water partition coefficient (Wildman–Crippen LogP) is 0.919. The Hall–Kier alpha value is -1.24. The maximum Gasteiger partial charge on any atom is 0.197 e. The van der Waals surface area contributed by atoms with Gasteiger partial charge < -0.3 is 11.1 Å². The minimum Gasteiger partial charge on any atom is -0.321 e. The average molecular weight is 250 g/mol. The van der Waals surface area contributed by atoms with Gasteiger partial charge in [-0.1, -0.05) is 18.3 Å². The SMILES string of the molecule is CCC(N)C(=O)c1cnc2sc3c(n12)CNC3. The van der Waals surface area contributed by atoms with Crippen LogP contribution in [-0.2, 0) is 13.1 Å². The lowest BCUT2D eigenvalue weighted by Gasteiger charge is -2.07. The van der Waals surface area contributed by atoms with Crippen molar-refractivity contribution in [2.45, 2.75) is 32.5 Å². The molecule has 0 amide bonds. The highest BCUT2D eigenvalue weighted by molar-refractivity contribution is 7.17. The zero-order chi connectivity index (χ0) is 12.0. The van der Waals surface area contributed by atoms with E-state index in [2.05, 4.69) is 10.3 Å². The van der Waals surface area contributed by atoms with Gasteiger partial charge >= 0.3 is 0 Å². The molecule has 3 N–H and O–H groups in total. The zero-order valence-corrected chi connectivity index (χ0v) is 10.4. The molecule has 5 nitrogen and oxygen atoms in total. The molecule has 2 aromatic heterocycles. The molecule has 0 aliphatic carbocycles. The van der Waals surface area contributed by atoms with Gasteiger partial charge in [0.05, 0.1) is 17.9 Å². The van der Waals surface area contributed by atoms with Gasteiger partial charge in [0.15, 0.2) is 10.7 Å². The molecule has 1 aliphatic rings. The fourth-order valence-electron chi connectivity index (χ4n) is 2.12. The van der Waals surface area contributed by atoms with Gasteiger partial charge in [-0.3, -0.25) is 9.20 Å². The molecule has 3 heterocycles. The highest BCUT2D eigenvalue weighted by atomic mass is 32.1. The number of Topliss-reactive ketones (excluding diaryl/α,β-unsaturated/α-hetero) is 1. The number of ketones is 1. The number of thiazole rings is 1. The fourth-order valence-corrected chi connectivity index (χ4v) is 3.20. The van der Waals surface area contributed by atoms with Crippen molar-refractivity contribution >= 4 is 22.1 Å². The Labute approximate surface area is 103 Å². The summed E-state index contributed by atoms with van der Waals surface area (Å²) in [5, 5.41) is 3.28. The maximum atomic E-state index is 12.1. The first-order valence-electron chi connectivity index (χ1n) is 5.71. The third-order valence-electron chi connectivity index (χ3n) is 3.14. The summed E-state index contributed by atoms with van der Waals surface area (Å²) in [4.78, 5) is 18.6. The minimum atomic E-state index is -0.431. The molecular formula is C11H14N4OS. The van der Waals surface area contributed by atoms with Crippen molar-refractivity contribution in [1.29, 1.82) is 0 Å². The van der Waals surface area contributed by atoms with E-state index in [1.54, 1.807) is 17.5 Å². The van der Waals surface area contributed by atoms with Gasteiger partial charge in [0.2, 0.25) is 0 Å². The smallest absolute Gasteiger partial charge is 0.197 e. The van der Waals surface area contributed by atoms with Crippen LogP contribution in [0, 0.1) is 0 Å². The predicted molar refractivity (Wildman–Crippen MR) is 66.2 cm³/mol. The lowest BCUT2D eigenvalue weighted by Crippen LogP contribution is -2.30. The van der Waals surface area contributed by atoms with Gasteiger partial charge in [-0.25, -0.2) is 4.98 Å². The molecule has 0 saturated carbocycles. The van der Waals surface area contributed by atoms with Gasteiger partial charge in [0.1, 0.15) is 5.69 Å². The average Bonchev–Trinajstić information content (AvgIpc) is 2.97. The highest BCUT2D eigenvalue weighted by Crippen LogP contribution is 2.28. The summed E-state index contributed by atoms with van der Waals surface area (Å²) in [5.74, 6) is -0.0208. The van der Waals surface area contributed by atoms with Crippen LogP contribution >= 0.6 is 11.3 Å². The van der Waals surface area contributed by atoms with Crippen LogP contribution in [0.25, 0.3) is 4.96 Å². The first-order valence-corrected chi connectivity index (χ1v) is 6.52. The van der Waals surface area contributed by atoms with Crippen LogP contribution in [0.4, 0.5) is 0 Å². The Balaban J connectivity index is 2.14. The number of nitrogens with one attached hydrogen (secondary N) is 1. The fraction of sp³-hybridized carbons (Fsp3) is 0.455. The van der Waals surface area contributed by atoms with Crippen LogP contribution < -0.4 is 11.1 Å². The molecule has 0 saturated heterocycles. The van der Waals surface area contributed by atoms with E-state index in [0.717, 1.165) is 23.7 Å². The molecule has 1 atom stereocenters. The van der Waals surface area contributed by atoms with E-state index in [-0.39, 0.29) is 5.78 Å². The van der Waals surface area contributed by atoms with E-state index < -0.39 is 6.04 Å². The first kappa shape index (κ1) is 10.9. The summed E-state index contributed by atoms with van der Waals surface area (Å²) < 4.78 is 1.96. The van der Waals surface area contributed by atoms with Crippen LogP contribution in [0.3, 0.4) is 0 Å². The Bertz CT molecular complexity index is 586. The van der Waals surface area contributed by atoms with Crippen molar-refractivity contribution in [1.82, 2.24) is 14.7 Å². The summed E-state index contributed by atoms with van der Waals surface area (Å²) >= 11 is 1.64. The van der Waals surface area contributed by atoms with Gasteiger partial charge in [0, 0.05) is 18.0 Å². The Kier molecular flexibility index (Phi) is 2.50. The molecule has 0 fully saturated rings. The molecule has 0 bridgehead atoms. The van der Waals surface area contributed by atoms with E-state index in [1.165, 1.54) is 4.88 Å². The third-order valence-corrected chi connectivity index (χ3v) is 4.24. The Morgan fingerprint density at radius 1 is 1.71 bits per heavy atom. The normalized spacial score (nSPS) is 16.4. The van der Waals surface area contributed by atoms with Gasteiger partial charge in [0.25, 0.3) is 0 Å². The summed E-state index contributed by atoms with van der Waals surface area (Å²) in [6, 6.07) is -0.431. The molecule has 0 spiro atoms. The second-order valence-corrected chi connectivity index (χ2v) is 5.28. The van der Waals surface area contributed by atoms with Crippen molar-refractivity contribution < 1.29 is 4.79 Å². The van der Waals surface area contributed by atoms with E-state index >= 15 is 0 Å². The number of fused-ring (bicyclic) bond motifs is 3. The van der Waals surface area contributed by atoms with Crippen LogP contribution in [0.5, 0.6) is 0 Å². The summed E-state index contributed by atoms with van der Waals surface area (Å²) in [7, 11) is 0. The molecule has 2 aromatic rings.